The van der Waals surface area contributed by atoms with Gasteiger partial charge in [-0.25, -0.2) is 4.98 Å². The van der Waals surface area contributed by atoms with E-state index < -0.39 is 0 Å². The van der Waals surface area contributed by atoms with Crippen molar-refractivity contribution in [2.75, 3.05) is 50.2 Å². The minimum Gasteiger partial charge on any atom is -0.495 e. The van der Waals surface area contributed by atoms with Gasteiger partial charge in [-0.1, -0.05) is 30.4 Å². The van der Waals surface area contributed by atoms with Crippen LogP contribution in [0, 0.1) is 0 Å². The summed E-state index contributed by atoms with van der Waals surface area (Å²) in [6.45, 7) is 4.41. The van der Waals surface area contributed by atoms with E-state index in [2.05, 4.69) is 70.5 Å². The number of benzene rings is 2. The Morgan fingerprint density at radius 1 is 0.611 bits per heavy atom. The average molecular weight is 482 g/mol. The topological polar surface area (TPSA) is 37.8 Å². The Hall–Kier alpha value is -3.73. The third kappa shape index (κ3) is 5.56. The highest BCUT2D eigenvalue weighted by atomic mass is 16.5. The summed E-state index contributed by atoms with van der Waals surface area (Å²) in [6.07, 6.45) is 13.3. The maximum atomic E-state index is 5.68. The molecule has 0 radical (unpaired) electrons. The lowest BCUT2D eigenvalue weighted by Crippen LogP contribution is -2.18. The highest BCUT2D eigenvalue weighted by molar-refractivity contribution is 5.74. The van der Waals surface area contributed by atoms with Crippen molar-refractivity contribution in [1.29, 1.82) is 0 Å². The van der Waals surface area contributed by atoms with Gasteiger partial charge in [0.1, 0.15) is 11.5 Å². The molecular weight excluding hydrogens is 446 g/mol. The zero-order valence-electron chi connectivity index (χ0n) is 21.3. The van der Waals surface area contributed by atoms with Crippen LogP contribution < -0.4 is 19.3 Å². The van der Waals surface area contributed by atoms with Gasteiger partial charge in [0.05, 0.1) is 37.0 Å². The van der Waals surface area contributed by atoms with Crippen molar-refractivity contribution in [3.63, 3.8) is 0 Å². The van der Waals surface area contributed by atoms with Gasteiger partial charge >= 0.3 is 0 Å². The van der Waals surface area contributed by atoms with Gasteiger partial charge in [0.25, 0.3) is 0 Å². The van der Waals surface area contributed by atoms with Crippen molar-refractivity contribution in [3.05, 3.63) is 77.1 Å². The lowest BCUT2D eigenvalue weighted by Gasteiger charge is -2.20. The summed E-state index contributed by atoms with van der Waals surface area (Å²) in [5.41, 5.74) is 6.40. The lowest BCUT2D eigenvalue weighted by molar-refractivity contribution is 0.414. The zero-order chi connectivity index (χ0) is 24.7. The molecule has 2 aromatic carbocycles. The quantitative estimate of drug-likeness (QED) is 0.361. The smallest absolute Gasteiger partial charge is 0.142 e. The number of nitrogens with zero attached hydrogens (tertiary/aromatic N) is 3. The van der Waals surface area contributed by atoms with Crippen LogP contribution in [-0.4, -0.2) is 45.4 Å². The van der Waals surface area contributed by atoms with E-state index in [1.54, 1.807) is 14.2 Å². The molecule has 36 heavy (non-hydrogen) atoms. The summed E-state index contributed by atoms with van der Waals surface area (Å²) in [5.74, 6) is 1.85. The molecule has 0 unspecified atom stereocenters. The van der Waals surface area contributed by atoms with Crippen LogP contribution in [0.2, 0.25) is 0 Å². The molecule has 0 saturated carbocycles. The summed E-state index contributed by atoms with van der Waals surface area (Å²) in [5, 5.41) is 0. The second-order valence-corrected chi connectivity index (χ2v) is 9.40. The number of anilines is 2. The Bertz CT molecular complexity index is 1150. The summed E-state index contributed by atoms with van der Waals surface area (Å²) >= 11 is 0. The third-order valence-electron chi connectivity index (χ3n) is 6.99. The van der Waals surface area contributed by atoms with Gasteiger partial charge in [-0.2, -0.15) is 0 Å². The number of methoxy groups -OCH3 is 2. The average Bonchev–Trinajstić information content (AvgIpc) is 3.66. The normalized spacial score (nSPS) is 15.9. The van der Waals surface area contributed by atoms with E-state index in [-0.39, 0.29) is 0 Å². The van der Waals surface area contributed by atoms with Gasteiger partial charge in [-0.3, -0.25) is 0 Å². The molecule has 0 spiro atoms. The van der Waals surface area contributed by atoms with E-state index >= 15 is 0 Å². The van der Waals surface area contributed by atoms with Gasteiger partial charge in [0, 0.05) is 26.2 Å². The molecular formula is C31H35N3O2. The first-order chi connectivity index (χ1) is 17.7. The van der Waals surface area contributed by atoms with Crippen LogP contribution in [0.15, 0.2) is 54.6 Å². The predicted octanol–water partition coefficient (Wildman–Crippen LogP) is 6.64. The van der Waals surface area contributed by atoms with E-state index in [1.165, 1.54) is 37.1 Å². The standard InChI is InChI=1S/C31H35N3O2/c1-35-30-22-24(12-16-28(30)33-18-3-4-19-33)10-14-26-8-7-9-27(32-26)15-11-25-13-17-29(31(23-25)36-2)34-20-5-6-21-34/h7-17,22-23H,3-6,18-21H2,1-2H3/b14-10+,15-11+. The Morgan fingerprint density at radius 2 is 1.06 bits per heavy atom. The SMILES string of the molecule is COc1cc(/C=C/c2cccc(/C=C/c3ccc(N4CCCC4)c(OC)c3)n2)ccc1N1CCCC1. The molecule has 2 aliphatic rings. The number of hydrogen-bond donors (Lipinski definition) is 0. The van der Waals surface area contributed by atoms with Crippen LogP contribution in [0.1, 0.15) is 48.2 Å². The van der Waals surface area contributed by atoms with Crippen molar-refractivity contribution in [3.8, 4) is 11.5 Å². The number of ether oxygens (including phenoxy) is 2. The van der Waals surface area contributed by atoms with Crippen LogP contribution in [-0.2, 0) is 0 Å². The molecule has 2 fully saturated rings. The molecule has 1 aromatic heterocycles. The first-order valence-corrected chi connectivity index (χ1v) is 12.9. The first kappa shape index (κ1) is 24.0. The van der Waals surface area contributed by atoms with Gasteiger partial charge in [-0.05, 0) is 85.4 Å². The van der Waals surface area contributed by atoms with E-state index in [1.807, 2.05) is 18.2 Å². The van der Waals surface area contributed by atoms with Gasteiger partial charge in [0.2, 0.25) is 0 Å². The predicted molar refractivity (Wildman–Crippen MR) is 151 cm³/mol. The molecule has 2 saturated heterocycles. The van der Waals surface area contributed by atoms with Gasteiger partial charge in [-0.15, -0.1) is 0 Å². The maximum absolute atomic E-state index is 5.68. The molecule has 0 aliphatic carbocycles. The number of aromatic nitrogens is 1. The first-order valence-electron chi connectivity index (χ1n) is 12.9. The van der Waals surface area contributed by atoms with Crippen molar-refractivity contribution in [1.82, 2.24) is 4.98 Å². The molecule has 186 valence electrons. The van der Waals surface area contributed by atoms with Crippen molar-refractivity contribution >= 4 is 35.7 Å². The Labute approximate surface area is 214 Å². The van der Waals surface area contributed by atoms with E-state index in [0.29, 0.717) is 0 Å². The molecule has 3 aromatic rings. The fourth-order valence-corrected chi connectivity index (χ4v) is 5.05. The Morgan fingerprint density at radius 3 is 1.47 bits per heavy atom. The van der Waals surface area contributed by atoms with Crippen LogP contribution >= 0.6 is 0 Å². The van der Waals surface area contributed by atoms with Gasteiger partial charge in [0.15, 0.2) is 0 Å². The van der Waals surface area contributed by atoms with Crippen molar-refractivity contribution in [2.45, 2.75) is 25.7 Å². The molecule has 5 nitrogen and oxygen atoms in total. The second kappa shape index (κ2) is 11.3. The maximum Gasteiger partial charge on any atom is 0.142 e. The molecule has 0 N–H and O–H groups in total. The summed E-state index contributed by atoms with van der Waals surface area (Å²) < 4.78 is 11.4. The molecule has 5 heteroatoms. The van der Waals surface area contributed by atoms with Crippen LogP contribution in [0.3, 0.4) is 0 Å². The van der Waals surface area contributed by atoms with E-state index in [4.69, 9.17) is 14.5 Å². The molecule has 0 bridgehead atoms. The summed E-state index contributed by atoms with van der Waals surface area (Å²) in [7, 11) is 3.49. The minimum atomic E-state index is 0.918. The van der Waals surface area contributed by atoms with Gasteiger partial charge < -0.3 is 19.3 Å². The largest absolute Gasteiger partial charge is 0.495 e. The van der Waals surface area contributed by atoms with E-state index in [9.17, 15) is 0 Å². The highest BCUT2D eigenvalue weighted by Gasteiger charge is 2.17. The van der Waals surface area contributed by atoms with Crippen molar-refractivity contribution in [2.24, 2.45) is 0 Å². The number of hydrogen-bond acceptors (Lipinski definition) is 5. The summed E-state index contributed by atoms with van der Waals surface area (Å²) in [4.78, 5) is 9.60. The fraction of sp³-hybridized carbons (Fsp3) is 0.323. The summed E-state index contributed by atoms with van der Waals surface area (Å²) in [6, 6.07) is 18.9. The highest BCUT2D eigenvalue weighted by Crippen LogP contribution is 2.33. The van der Waals surface area contributed by atoms with Crippen LogP contribution in [0.4, 0.5) is 11.4 Å². The van der Waals surface area contributed by atoms with Crippen LogP contribution in [0.25, 0.3) is 24.3 Å². The van der Waals surface area contributed by atoms with Crippen LogP contribution in [0.5, 0.6) is 11.5 Å². The third-order valence-corrected chi connectivity index (χ3v) is 6.99. The Kier molecular flexibility index (Phi) is 7.55. The molecule has 0 amide bonds. The van der Waals surface area contributed by atoms with Crippen molar-refractivity contribution < 1.29 is 9.47 Å². The molecule has 3 heterocycles. The number of rotatable bonds is 8. The second-order valence-electron chi connectivity index (χ2n) is 9.40. The molecule has 2 aliphatic heterocycles. The monoisotopic (exact) mass is 481 g/mol. The lowest BCUT2D eigenvalue weighted by atomic mass is 10.1. The Balaban J connectivity index is 1.29. The minimum absolute atomic E-state index is 0.918. The molecule has 5 rings (SSSR count). The fourth-order valence-electron chi connectivity index (χ4n) is 5.05. The number of pyridine rings is 1. The zero-order valence-corrected chi connectivity index (χ0v) is 21.3. The van der Waals surface area contributed by atoms with E-state index in [0.717, 1.165) is 60.2 Å². The molecule has 0 atom stereocenters.